The first-order valence-electron chi connectivity index (χ1n) is 41.2. The van der Waals surface area contributed by atoms with Gasteiger partial charge in [0.15, 0.2) is 18.7 Å². The third-order valence-electron chi connectivity index (χ3n) is 20.8. The first kappa shape index (κ1) is 95.2. The third-order valence-corrected chi connectivity index (χ3v) is 21.8. The fourth-order valence-corrected chi connectivity index (χ4v) is 15.0. The Balaban J connectivity index is 1.71. The van der Waals surface area contributed by atoms with Crippen LogP contribution in [0.4, 0.5) is 0 Å². The molecule has 19 unspecified atom stereocenters. The molecule has 2 saturated heterocycles. The van der Waals surface area contributed by atoms with E-state index in [2.05, 4.69) is 27.7 Å². The van der Waals surface area contributed by atoms with Crippen molar-refractivity contribution in [2.24, 2.45) is 5.92 Å². The zero-order valence-corrected chi connectivity index (χ0v) is 64.9. The van der Waals surface area contributed by atoms with Crippen LogP contribution in [0, 0.1) is 5.92 Å². The van der Waals surface area contributed by atoms with Gasteiger partial charge in [0.05, 0.1) is 13.2 Å². The largest absolute Gasteiger partial charge is 0.472 e. The van der Waals surface area contributed by atoms with Gasteiger partial charge < -0.3 is 89.1 Å². The van der Waals surface area contributed by atoms with Gasteiger partial charge in [0.25, 0.3) is 0 Å². The van der Waals surface area contributed by atoms with Gasteiger partial charge in [-0.1, -0.05) is 304 Å². The number of hydrogen-bond donors (Lipinski definition) is 11. The van der Waals surface area contributed by atoms with E-state index in [0.717, 1.165) is 96.3 Å². The lowest BCUT2D eigenvalue weighted by Gasteiger charge is -2.49. The second kappa shape index (κ2) is 58.9. The Morgan fingerprint density at radius 2 is 0.680 bits per heavy atom. The summed E-state index contributed by atoms with van der Waals surface area (Å²) in [5, 5.41) is 110. The Kier molecular flexibility index (Phi) is 54.4. The Morgan fingerprint density at radius 3 is 1.05 bits per heavy atom. The van der Waals surface area contributed by atoms with Crippen LogP contribution in [0.5, 0.6) is 0 Å². The highest BCUT2D eigenvalue weighted by Crippen LogP contribution is 2.49. The summed E-state index contributed by atoms with van der Waals surface area (Å²) in [5.74, 6) is -1.27. The SMILES string of the molecule is CCCCCCCCCCCCCCCCCCCC(=O)OC(COC(=O)CCCCCCCCC(C)CCCCCCCC)COP(=O)(O)OC1C(OC2OC(CO)C(O)C(O)C2O)C(O)C(O)C(O)C1OC1OC(COC(=O)CCCCCCCCCCCCCCCCC)C(O)C(O)C1O. The summed E-state index contributed by atoms with van der Waals surface area (Å²) in [4.78, 5) is 51.2. The van der Waals surface area contributed by atoms with Gasteiger partial charge in [-0.05, 0) is 25.2 Å². The van der Waals surface area contributed by atoms with Crippen molar-refractivity contribution >= 4 is 25.7 Å². The smallest absolute Gasteiger partial charge is 0.463 e. The number of unbranched alkanes of at least 4 members (excludes halogenated alkanes) is 40. The van der Waals surface area contributed by atoms with Gasteiger partial charge in [-0.2, -0.15) is 0 Å². The van der Waals surface area contributed by atoms with Crippen molar-refractivity contribution in [2.75, 3.05) is 26.4 Å². The van der Waals surface area contributed by atoms with Crippen LogP contribution in [-0.2, 0) is 61.2 Å². The quantitative estimate of drug-likeness (QED) is 0.0117. The number of rotatable bonds is 65. The van der Waals surface area contributed by atoms with E-state index in [1.807, 2.05) is 0 Å². The molecule has 0 aromatic carbocycles. The Labute approximate surface area is 619 Å². The molecule has 0 aromatic rings. The van der Waals surface area contributed by atoms with E-state index in [0.29, 0.717) is 25.2 Å². The molecule has 0 amide bonds. The summed E-state index contributed by atoms with van der Waals surface area (Å²) in [5.41, 5.74) is 0. The van der Waals surface area contributed by atoms with Gasteiger partial charge in [-0.25, -0.2) is 4.57 Å². The zero-order valence-electron chi connectivity index (χ0n) is 64.0. The van der Waals surface area contributed by atoms with Crippen LogP contribution >= 0.6 is 7.82 Å². The summed E-state index contributed by atoms with van der Waals surface area (Å²) < 4.78 is 65.3. The number of phosphoric acid groups is 1. The highest BCUT2D eigenvalue weighted by molar-refractivity contribution is 7.47. The fourth-order valence-electron chi connectivity index (χ4n) is 14.0. The summed E-state index contributed by atoms with van der Waals surface area (Å²) in [6.07, 6.45) is 17.1. The highest BCUT2D eigenvalue weighted by atomic mass is 31.2. The predicted octanol–water partition coefficient (Wildman–Crippen LogP) is 12.8. The maximum absolute atomic E-state index is 14.4. The molecule has 11 N–H and O–H groups in total. The highest BCUT2D eigenvalue weighted by Gasteiger charge is 2.58. The lowest BCUT2D eigenvalue weighted by molar-refractivity contribution is -0.360. The molecule has 25 heteroatoms. The molecule has 0 aromatic heterocycles. The molecule has 608 valence electrons. The van der Waals surface area contributed by atoms with Crippen molar-refractivity contribution < 1.29 is 117 Å². The Bertz CT molecular complexity index is 2130. The number of carbonyl (C=O) groups excluding carboxylic acids is 3. The maximum Gasteiger partial charge on any atom is 0.472 e. The first-order chi connectivity index (χ1) is 49.7. The number of aliphatic hydroxyl groups is 10. The van der Waals surface area contributed by atoms with Crippen LogP contribution in [0.1, 0.15) is 342 Å². The van der Waals surface area contributed by atoms with E-state index in [1.165, 1.54) is 180 Å². The maximum atomic E-state index is 14.4. The van der Waals surface area contributed by atoms with E-state index in [4.69, 9.17) is 42.2 Å². The summed E-state index contributed by atoms with van der Waals surface area (Å²) in [6, 6.07) is 0. The molecule has 0 bridgehead atoms. The average Bonchev–Trinajstić information content (AvgIpc) is 0.761. The normalized spacial score (nSPS) is 27.1. The first-order valence-corrected chi connectivity index (χ1v) is 42.7. The monoisotopic (exact) mass is 1500 g/mol. The van der Waals surface area contributed by atoms with Crippen molar-refractivity contribution in [3.63, 3.8) is 0 Å². The standard InChI is InChI=1S/C78H147O24P/c1-5-8-11-14-17-19-21-23-25-26-28-30-32-34-36-43-48-53-64(82)97-59(55-94-62(80)51-46-42-38-37-40-45-50-58(4)49-44-39-16-13-10-7-3)56-96-103(92,93)102-76-74(100-77-72(90)67(85)65(83)60(54-79)98-77)70(88)69(87)71(89)75(76)101-78-73(91)68(86)66(84)61(99-78)57-95-63(81)52-47-41-35-33-31-29-27-24-22-20-18-15-12-9-6-2/h58-61,65-79,83-91H,5-57H2,1-4H3,(H,92,93). The van der Waals surface area contributed by atoms with Gasteiger partial charge in [0, 0.05) is 19.3 Å². The zero-order chi connectivity index (χ0) is 75.5. The number of aliphatic hydroxyl groups excluding tert-OH is 10. The number of carbonyl (C=O) groups is 3. The lowest BCUT2D eigenvalue weighted by Crippen LogP contribution is -2.69. The van der Waals surface area contributed by atoms with Crippen LogP contribution < -0.4 is 0 Å². The van der Waals surface area contributed by atoms with Gasteiger partial charge in [0.2, 0.25) is 0 Å². The van der Waals surface area contributed by atoms with Crippen LogP contribution in [0.15, 0.2) is 0 Å². The van der Waals surface area contributed by atoms with Crippen LogP contribution in [0.25, 0.3) is 0 Å². The second-order valence-electron chi connectivity index (χ2n) is 30.1. The number of ether oxygens (including phenoxy) is 7. The topological polar surface area (TPSA) is 374 Å². The predicted molar refractivity (Wildman–Crippen MR) is 393 cm³/mol. The molecule has 3 rings (SSSR count). The minimum atomic E-state index is -5.70. The molecule has 2 heterocycles. The Morgan fingerprint density at radius 1 is 0.369 bits per heavy atom. The van der Waals surface area contributed by atoms with E-state index in [9.17, 15) is 74.9 Å². The molecule has 1 aliphatic carbocycles. The molecular formula is C78H147O24P. The van der Waals surface area contributed by atoms with E-state index < -0.39 is 156 Å². The van der Waals surface area contributed by atoms with Gasteiger partial charge in [0.1, 0.15) is 98.7 Å². The molecular weight excluding hydrogens is 1350 g/mol. The summed E-state index contributed by atoms with van der Waals surface area (Å²) in [7, 11) is -5.70. The number of hydrogen-bond acceptors (Lipinski definition) is 23. The van der Waals surface area contributed by atoms with Crippen molar-refractivity contribution in [2.45, 2.75) is 446 Å². The number of esters is 3. The van der Waals surface area contributed by atoms with Crippen molar-refractivity contribution in [1.29, 1.82) is 0 Å². The van der Waals surface area contributed by atoms with E-state index in [1.54, 1.807) is 0 Å². The van der Waals surface area contributed by atoms with Crippen LogP contribution in [0.2, 0.25) is 0 Å². The molecule has 0 spiro atoms. The summed E-state index contributed by atoms with van der Waals surface area (Å²) in [6.45, 7) is 5.84. The minimum absolute atomic E-state index is 0.0335. The van der Waals surface area contributed by atoms with Crippen molar-refractivity contribution in [1.82, 2.24) is 0 Å². The molecule has 103 heavy (non-hydrogen) atoms. The molecule has 3 fully saturated rings. The van der Waals surface area contributed by atoms with Gasteiger partial charge in [-0.15, -0.1) is 0 Å². The van der Waals surface area contributed by atoms with E-state index >= 15 is 0 Å². The van der Waals surface area contributed by atoms with Gasteiger partial charge in [-0.3, -0.25) is 23.4 Å². The molecule has 1 saturated carbocycles. The molecule has 19 atom stereocenters. The van der Waals surface area contributed by atoms with Crippen LogP contribution in [0.3, 0.4) is 0 Å². The van der Waals surface area contributed by atoms with Crippen LogP contribution in [-0.4, -0.2) is 204 Å². The van der Waals surface area contributed by atoms with Crippen molar-refractivity contribution in [3.05, 3.63) is 0 Å². The third kappa shape index (κ3) is 41.5. The van der Waals surface area contributed by atoms with E-state index in [-0.39, 0.29) is 19.3 Å². The lowest BCUT2D eigenvalue weighted by atomic mass is 9.84. The average molecular weight is 1500 g/mol. The fraction of sp³-hybridized carbons (Fsp3) is 0.962. The molecule has 2 aliphatic heterocycles. The molecule has 3 aliphatic rings. The summed E-state index contributed by atoms with van der Waals surface area (Å²) >= 11 is 0. The Hall–Kier alpha value is -2.04. The molecule has 24 nitrogen and oxygen atoms in total. The van der Waals surface area contributed by atoms with Crippen molar-refractivity contribution in [3.8, 4) is 0 Å². The molecule has 0 radical (unpaired) electrons. The van der Waals surface area contributed by atoms with Gasteiger partial charge >= 0.3 is 25.7 Å². The second-order valence-corrected chi connectivity index (χ2v) is 31.5. The minimum Gasteiger partial charge on any atom is -0.463 e. The number of phosphoric ester groups is 1.